The average molecular weight is 350 g/mol. The van der Waals surface area contributed by atoms with Crippen molar-refractivity contribution >= 4 is 38.9 Å². The normalized spacial score (nSPS) is 10.8. The summed E-state index contributed by atoms with van der Waals surface area (Å²) in [4.78, 5) is 17.0. The van der Waals surface area contributed by atoms with Crippen LogP contribution in [0.15, 0.2) is 48.2 Å². The van der Waals surface area contributed by atoms with Gasteiger partial charge in [-0.1, -0.05) is 18.2 Å². The smallest absolute Gasteiger partial charge is 0.248 e. The Balaban J connectivity index is 1.71. The molecule has 4 aromatic rings. The summed E-state index contributed by atoms with van der Waals surface area (Å²) < 4.78 is 5.94. The van der Waals surface area contributed by atoms with Gasteiger partial charge in [0.2, 0.25) is 5.88 Å². The number of fused-ring (bicyclic) bond motifs is 1. The lowest BCUT2D eigenvalue weighted by atomic mass is 10.2. The van der Waals surface area contributed by atoms with Gasteiger partial charge < -0.3 is 15.8 Å². The summed E-state index contributed by atoms with van der Waals surface area (Å²) in [5.74, 6) is 1.31. The predicted octanol–water partition coefficient (Wildman–Crippen LogP) is 3.91. The first-order valence-corrected chi connectivity index (χ1v) is 8.40. The number of pyridine rings is 1. The Kier molecular flexibility index (Phi) is 3.87. The molecule has 4 rings (SSSR count). The first kappa shape index (κ1) is 15.3. The number of aryl methyl sites for hydroxylation is 1. The van der Waals surface area contributed by atoms with Gasteiger partial charge in [-0.05, 0) is 19.1 Å². The molecule has 3 aromatic heterocycles. The van der Waals surface area contributed by atoms with E-state index in [1.807, 2.05) is 42.6 Å². The van der Waals surface area contributed by atoms with Gasteiger partial charge in [-0.25, -0.2) is 15.0 Å². The molecule has 7 nitrogen and oxygen atoms in total. The second-order valence-corrected chi connectivity index (χ2v) is 6.18. The van der Waals surface area contributed by atoms with Crippen molar-refractivity contribution in [2.75, 3.05) is 11.1 Å². The molecule has 0 radical (unpaired) electrons. The van der Waals surface area contributed by atoms with E-state index < -0.39 is 0 Å². The zero-order valence-corrected chi connectivity index (χ0v) is 14.1. The lowest BCUT2D eigenvalue weighted by Gasteiger charge is -2.12. The molecule has 3 heterocycles. The van der Waals surface area contributed by atoms with E-state index in [9.17, 15) is 0 Å². The van der Waals surface area contributed by atoms with Gasteiger partial charge in [0, 0.05) is 22.7 Å². The van der Waals surface area contributed by atoms with Crippen LogP contribution in [0.4, 0.5) is 16.6 Å². The number of nitrogens with two attached hydrogens (primary N) is 1. The molecule has 0 unspecified atom stereocenters. The molecule has 0 aliphatic rings. The quantitative estimate of drug-likeness (QED) is 0.575. The molecule has 0 fully saturated rings. The Hall–Kier alpha value is -3.26. The Morgan fingerprint density at radius 3 is 2.88 bits per heavy atom. The summed E-state index contributed by atoms with van der Waals surface area (Å²) in [6, 6.07) is 9.68. The van der Waals surface area contributed by atoms with Crippen molar-refractivity contribution in [3.05, 3.63) is 53.9 Å². The number of ether oxygens (including phenoxy) is 1. The third-order valence-electron chi connectivity index (χ3n) is 3.53. The number of anilines is 3. The predicted molar refractivity (Wildman–Crippen MR) is 98.4 cm³/mol. The highest BCUT2D eigenvalue weighted by atomic mass is 32.1. The van der Waals surface area contributed by atoms with E-state index in [1.54, 1.807) is 6.20 Å². The molecule has 0 amide bonds. The van der Waals surface area contributed by atoms with Crippen LogP contribution >= 0.6 is 11.3 Å². The fourth-order valence-corrected chi connectivity index (χ4v) is 2.88. The highest BCUT2D eigenvalue weighted by Gasteiger charge is 2.13. The zero-order valence-electron chi connectivity index (χ0n) is 13.3. The molecule has 3 N–H and O–H groups in total. The van der Waals surface area contributed by atoms with E-state index in [0.29, 0.717) is 22.4 Å². The molecule has 0 saturated heterocycles. The lowest BCUT2D eigenvalue weighted by Crippen LogP contribution is -2.03. The van der Waals surface area contributed by atoms with Crippen LogP contribution in [0, 0.1) is 6.92 Å². The fourth-order valence-electron chi connectivity index (χ4n) is 2.35. The minimum Gasteiger partial charge on any atom is -0.435 e. The van der Waals surface area contributed by atoms with E-state index in [0.717, 1.165) is 16.6 Å². The fraction of sp³-hybridized carbons (Fsp3) is 0.0588. The number of hydrogen-bond acceptors (Lipinski definition) is 8. The Labute approximate surface area is 147 Å². The number of nitrogens with zero attached hydrogens (tertiary/aromatic N) is 4. The van der Waals surface area contributed by atoms with Crippen molar-refractivity contribution in [3.63, 3.8) is 0 Å². The van der Waals surface area contributed by atoms with E-state index in [-0.39, 0.29) is 5.88 Å². The number of nitrogen functional groups attached to an aromatic ring is 1. The second-order valence-electron chi connectivity index (χ2n) is 5.29. The number of aromatic nitrogens is 4. The second kappa shape index (κ2) is 6.33. The minimum atomic E-state index is 0.268. The van der Waals surface area contributed by atoms with E-state index in [1.165, 1.54) is 17.7 Å². The first-order chi connectivity index (χ1) is 12.2. The lowest BCUT2D eigenvalue weighted by molar-refractivity contribution is 0.469. The summed E-state index contributed by atoms with van der Waals surface area (Å²) >= 11 is 1.45. The number of thiazole rings is 1. The number of benzene rings is 1. The molecular weight excluding hydrogens is 336 g/mol. The van der Waals surface area contributed by atoms with Crippen molar-refractivity contribution < 1.29 is 4.74 Å². The van der Waals surface area contributed by atoms with Crippen LogP contribution in [0.25, 0.3) is 10.9 Å². The van der Waals surface area contributed by atoms with Gasteiger partial charge in [0.15, 0.2) is 16.7 Å². The number of hydrogen-bond donors (Lipinski definition) is 2. The topological polar surface area (TPSA) is 98.8 Å². The molecule has 25 heavy (non-hydrogen) atoms. The number of nitrogens with one attached hydrogen (secondary N) is 1. The van der Waals surface area contributed by atoms with Crippen LogP contribution in [-0.2, 0) is 0 Å². The van der Waals surface area contributed by atoms with Crippen molar-refractivity contribution in [2.45, 2.75) is 6.92 Å². The largest absolute Gasteiger partial charge is 0.435 e. The molecular formula is C17H14N6OS. The van der Waals surface area contributed by atoms with Gasteiger partial charge in [0.25, 0.3) is 0 Å². The Bertz CT molecular complexity index is 1030. The van der Waals surface area contributed by atoms with Gasteiger partial charge in [0.05, 0.1) is 0 Å². The van der Waals surface area contributed by atoms with E-state index in [4.69, 9.17) is 10.5 Å². The molecule has 0 atom stereocenters. The van der Waals surface area contributed by atoms with Gasteiger partial charge in [-0.15, -0.1) is 11.3 Å². The molecule has 0 saturated carbocycles. The van der Waals surface area contributed by atoms with Crippen LogP contribution in [0.1, 0.15) is 5.69 Å². The molecule has 0 spiro atoms. The maximum Gasteiger partial charge on any atom is 0.248 e. The van der Waals surface area contributed by atoms with Gasteiger partial charge >= 0.3 is 0 Å². The molecule has 8 heteroatoms. The standard InChI is InChI=1S/C17H14N6OS/c1-10-5-6-11-3-2-4-12(14(11)22-10)24-16-13(18)15(20-9-21-16)23-17-19-7-8-25-17/h2-9H,18H2,1H3,(H,19,20,21,23). The molecule has 124 valence electrons. The summed E-state index contributed by atoms with van der Waals surface area (Å²) in [5.41, 5.74) is 8.14. The molecule has 0 bridgehead atoms. The maximum absolute atomic E-state index is 6.17. The molecule has 0 aliphatic carbocycles. The minimum absolute atomic E-state index is 0.268. The Morgan fingerprint density at radius 1 is 1.12 bits per heavy atom. The highest BCUT2D eigenvalue weighted by Crippen LogP contribution is 2.33. The van der Waals surface area contributed by atoms with Crippen LogP contribution in [0.2, 0.25) is 0 Å². The highest BCUT2D eigenvalue weighted by molar-refractivity contribution is 7.13. The van der Waals surface area contributed by atoms with Crippen LogP contribution < -0.4 is 15.8 Å². The number of rotatable bonds is 4. The number of para-hydroxylation sites is 1. The summed E-state index contributed by atoms with van der Waals surface area (Å²) in [7, 11) is 0. The Morgan fingerprint density at radius 2 is 2.04 bits per heavy atom. The SMILES string of the molecule is Cc1ccc2cccc(Oc3ncnc(Nc4nccs4)c3N)c2n1. The van der Waals surface area contributed by atoms with E-state index >= 15 is 0 Å². The van der Waals surface area contributed by atoms with Crippen molar-refractivity contribution in [1.82, 2.24) is 19.9 Å². The van der Waals surface area contributed by atoms with Gasteiger partial charge in [0.1, 0.15) is 17.5 Å². The zero-order chi connectivity index (χ0) is 17.2. The van der Waals surface area contributed by atoms with Crippen LogP contribution in [0.3, 0.4) is 0 Å². The van der Waals surface area contributed by atoms with Crippen LogP contribution in [-0.4, -0.2) is 19.9 Å². The summed E-state index contributed by atoms with van der Waals surface area (Å²) in [5, 5.41) is 6.60. The molecule has 0 aliphatic heterocycles. The van der Waals surface area contributed by atoms with Gasteiger partial charge in [-0.2, -0.15) is 4.98 Å². The summed E-state index contributed by atoms with van der Waals surface area (Å²) in [6.45, 7) is 1.94. The third-order valence-corrected chi connectivity index (χ3v) is 4.22. The monoisotopic (exact) mass is 350 g/mol. The average Bonchev–Trinajstić information content (AvgIpc) is 3.12. The van der Waals surface area contributed by atoms with Crippen molar-refractivity contribution in [2.24, 2.45) is 0 Å². The maximum atomic E-state index is 6.17. The van der Waals surface area contributed by atoms with Crippen molar-refractivity contribution in [3.8, 4) is 11.6 Å². The van der Waals surface area contributed by atoms with Crippen molar-refractivity contribution in [1.29, 1.82) is 0 Å². The summed E-state index contributed by atoms with van der Waals surface area (Å²) in [6.07, 6.45) is 3.09. The molecule has 1 aromatic carbocycles. The van der Waals surface area contributed by atoms with Crippen LogP contribution in [0.5, 0.6) is 11.6 Å². The first-order valence-electron chi connectivity index (χ1n) is 7.52. The van der Waals surface area contributed by atoms with E-state index in [2.05, 4.69) is 25.3 Å². The third kappa shape index (κ3) is 3.07. The van der Waals surface area contributed by atoms with Gasteiger partial charge in [-0.3, -0.25) is 0 Å².